The van der Waals surface area contributed by atoms with E-state index in [9.17, 15) is 9.59 Å². The van der Waals surface area contributed by atoms with Crippen LogP contribution in [0.25, 0.3) is 5.69 Å². The van der Waals surface area contributed by atoms with E-state index in [1.807, 2.05) is 18.2 Å². The van der Waals surface area contributed by atoms with E-state index in [1.165, 1.54) is 28.0 Å². The van der Waals surface area contributed by atoms with Crippen LogP contribution in [0.4, 0.5) is 0 Å². The molecule has 0 spiro atoms. The zero-order valence-electron chi connectivity index (χ0n) is 11.4. The van der Waals surface area contributed by atoms with Crippen LogP contribution in [0, 0.1) is 6.92 Å². The van der Waals surface area contributed by atoms with Gasteiger partial charge in [0.05, 0.1) is 5.69 Å². The van der Waals surface area contributed by atoms with Gasteiger partial charge < -0.3 is 0 Å². The molecule has 1 unspecified atom stereocenters. The first-order chi connectivity index (χ1) is 9.02. The van der Waals surface area contributed by atoms with E-state index in [-0.39, 0.29) is 5.56 Å². The van der Waals surface area contributed by atoms with E-state index in [2.05, 4.69) is 25.8 Å². The molecule has 0 aliphatic heterocycles. The van der Waals surface area contributed by atoms with Crippen molar-refractivity contribution in [2.75, 3.05) is 0 Å². The number of nitrogens with zero attached hydrogens (tertiary/aromatic N) is 1. The summed E-state index contributed by atoms with van der Waals surface area (Å²) in [6.07, 6.45) is 2.55. The van der Waals surface area contributed by atoms with Crippen molar-refractivity contribution in [3.05, 3.63) is 62.4 Å². The number of hydrogen-bond acceptors (Lipinski definition) is 2. The molecule has 0 amide bonds. The van der Waals surface area contributed by atoms with Crippen molar-refractivity contribution in [2.45, 2.75) is 33.1 Å². The summed E-state index contributed by atoms with van der Waals surface area (Å²) in [6.45, 7) is 6.38. The minimum Gasteiger partial charge on any atom is -0.274 e. The Bertz CT molecular complexity index is 698. The predicted octanol–water partition coefficient (Wildman–Crippen LogP) is 2.35. The van der Waals surface area contributed by atoms with E-state index in [0.29, 0.717) is 5.92 Å². The fourth-order valence-electron chi connectivity index (χ4n) is 2.15. The zero-order valence-corrected chi connectivity index (χ0v) is 11.4. The molecule has 0 saturated carbocycles. The highest BCUT2D eigenvalue weighted by Crippen LogP contribution is 2.24. The molecule has 0 fully saturated rings. The molecule has 100 valence electrons. The van der Waals surface area contributed by atoms with Crippen LogP contribution >= 0.6 is 0 Å². The minimum atomic E-state index is -0.411. The van der Waals surface area contributed by atoms with Gasteiger partial charge in [0.1, 0.15) is 0 Å². The predicted molar refractivity (Wildman–Crippen MR) is 76.1 cm³/mol. The Morgan fingerprint density at radius 2 is 2.00 bits per heavy atom. The molecule has 2 rings (SSSR count). The first-order valence-corrected chi connectivity index (χ1v) is 6.46. The maximum Gasteiger partial charge on any atom is 0.332 e. The number of aromatic amines is 1. The Hall–Kier alpha value is -2.10. The van der Waals surface area contributed by atoms with Gasteiger partial charge in [-0.25, -0.2) is 4.79 Å². The average Bonchev–Trinajstić information content (AvgIpc) is 2.39. The quantitative estimate of drug-likeness (QED) is 0.918. The van der Waals surface area contributed by atoms with Gasteiger partial charge in [0.15, 0.2) is 0 Å². The normalized spacial score (nSPS) is 12.4. The smallest absolute Gasteiger partial charge is 0.274 e. The molecule has 4 nitrogen and oxygen atoms in total. The number of H-pyrrole nitrogens is 1. The molecule has 19 heavy (non-hydrogen) atoms. The largest absolute Gasteiger partial charge is 0.332 e. The molecule has 1 aromatic carbocycles. The first kappa shape index (κ1) is 13.3. The van der Waals surface area contributed by atoms with Gasteiger partial charge in [0, 0.05) is 12.3 Å². The van der Waals surface area contributed by atoms with Crippen LogP contribution in [0.3, 0.4) is 0 Å². The molecular weight excluding hydrogens is 240 g/mol. The maximum atomic E-state index is 11.8. The van der Waals surface area contributed by atoms with Gasteiger partial charge in [-0.15, -0.1) is 0 Å². The van der Waals surface area contributed by atoms with Crippen LogP contribution in [-0.4, -0.2) is 9.55 Å². The number of aryl methyl sites for hydroxylation is 1. The fraction of sp³-hybridized carbons (Fsp3) is 0.333. The molecule has 2 aromatic rings. The van der Waals surface area contributed by atoms with Crippen molar-refractivity contribution >= 4 is 0 Å². The fourth-order valence-corrected chi connectivity index (χ4v) is 2.15. The molecular formula is C15H18N2O2. The number of hydrogen-bond donors (Lipinski definition) is 1. The molecule has 0 bridgehead atoms. The van der Waals surface area contributed by atoms with Gasteiger partial charge in [-0.3, -0.25) is 14.3 Å². The van der Waals surface area contributed by atoms with Crippen molar-refractivity contribution in [3.63, 3.8) is 0 Å². The summed E-state index contributed by atoms with van der Waals surface area (Å²) in [5.74, 6) is 0.443. The Labute approximate surface area is 111 Å². The van der Waals surface area contributed by atoms with Crippen molar-refractivity contribution < 1.29 is 0 Å². The van der Waals surface area contributed by atoms with Gasteiger partial charge in [0.25, 0.3) is 5.56 Å². The zero-order chi connectivity index (χ0) is 14.0. The summed E-state index contributed by atoms with van der Waals surface area (Å²) in [7, 11) is 0. The van der Waals surface area contributed by atoms with Crippen LogP contribution < -0.4 is 11.2 Å². The minimum absolute atomic E-state index is 0.379. The lowest BCUT2D eigenvalue weighted by Crippen LogP contribution is -2.27. The summed E-state index contributed by atoms with van der Waals surface area (Å²) in [6, 6.07) is 7.27. The summed E-state index contributed by atoms with van der Waals surface area (Å²) >= 11 is 0. The van der Waals surface area contributed by atoms with Crippen LogP contribution in [0.1, 0.15) is 37.3 Å². The number of rotatable bonds is 3. The van der Waals surface area contributed by atoms with Crippen molar-refractivity contribution in [1.29, 1.82) is 0 Å². The second-order valence-electron chi connectivity index (χ2n) is 4.83. The molecule has 0 aliphatic rings. The molecule has 1 atom stereocenters. The number of benzene rings is 1. The van der Waals surface area contributed by atoms with E-state index in [4.69, 9.17) is 0 Å². The topological polar surface area (TPSA) is 54.9 Å². The summed E-state index contributed by atoms with van der Waals surface area (Å²) in [5.41, 5.74) is 2.44. The highest BCUT2D eigenvalue weighted by molar-refractivity contribution is 5.41. The Kier molecular flexibility index (Phi) is 3.69. The number of aromatic nitrogens is 2. The Morgan fingerprint density at radius 1 is 1.26 bits per heavy atom. The van der Waals surface area contributed by atoms with Gasteiger partial charge >= 0.3 is 5.69 Å². The van der Waals surface area contributed by atoms with Crippen molar-refractivity contribution in [1.82, 2.24) is 9.55 Å². The molecule has 0 aliphatic carbocycles. The summed E-state index contributed by atoms with van der Waals surface area (Å²) < 4.78 is 1.45. The van der Waals surface area contributed by atoms with Crippen LogP contribution in [0.5, 0.6) is 0 Å². The van der Waals surface area contributed by atoms with E-state index < -0.39 is 5.69 Å². The molecule has 0 radical (unpaired) electrons. The maximum absolute atomic E-state index is 11.8. The molecule has 4 heteroatoms. The van der Waals surface area contributed by atoms with Gasteiger partial charge in [0.2, 0.25) is 0 Å². The lowest BCUT2D eigenvalue weighted by molar-refractivity contribution is 0.726. The van der Waals surface area contributed by atoms with Gasteiger partial charge in [-0.1, -0.05) is 19.9 Å². The van der Waals surface area contributed by atoms with Crippen LogP contribution in [0.15, 0.2) is 40.1 Å². The van der Waals surface area contributed by atoms with E-state index in [1.54, 1.807) is 0 Å². The van der Waals surface area contributed by atoms with Crippen LogP contribution in [-0.2, 0) is 0 Å². The number of nitrogens with one attached hydrogen (secondary N) is 1. The lowest BCUT2D eigenvalue weighted by atomic mass is 9.94. The van der Waals surface area contributed by atoms with E-state index >= 15 is 0 Å². The average molecular weight is 258 g/mol. The first-order valence-electron chi connectivity index (χ1n) is 6.46. The van der Waals surface area contributed by atoms with E-state index in [0.717, 1.165) is 12.1 Å². The highest BCUT2D eigenvalue weighted by Gasteiger charge is 2.09. The molecule has 1 heterocycles. The van der Waals surface area contributed by atoms with Gasteiger partial charge in [-0.05, 0) is 42.5 Å². The highest BCUT2D eigenvalue weighted by atomic mass is 16.2. The Morgan fingerprint density at radius 3 is 2.63 bits per heavy atom. The van der Waals surface area contributed by atoms with Crippen molar-refractivity contribution in [2.24, 2.45) is 0 Å². The second-order valence-corrected chi connectivity index (χ2v) is 4.83. The second kappa shape index (κ2) is 5.26. The molecule has 1 aromatic heterocycles. The Balaban J connectivity index is 2.57. The van der Waals surface area contributed by atoms with Crippen molar-refractivity contribution in [3.8, 4) is 5.69 Å². The third-order valence-electron chi connectivity index (χ3n) is 3.51. The standard InChI is InChI=1S/C15H18N2O2/c1-4-10(2)13-9-12(6-5-11(13)3)17-8-7-14(18)16-15(17)19/h5-10H,4H2,1-3H3,(H,16,18,19). The SMILES string of the molecule is CCC(C)c1cc(-n2ccc(=O)[nH]c2=O)ccc1C. The van der Waals surface area contributed by atoms with Gasteiger partial charge in [-0.2, -0.15) is 0 Å². The monoisotopic (exact) mass is 258 g/mol. The summed E-state index contributed by atoms with van der Waals surface area (Å²) in [5, 5.41) is 0. The third kappa shape index (κ3) is 2.67. The van der Waals surface area contributed by atoms with Crippen LogP contribution in [0.2, 0.25) is 0 Å². The third-order valence-corrected chi connectivity index (χ3v) is 3.51. The summed E-state index contributed by atoms with van der Waals surface area (Å²) in [4.78, 5) is 25.1. The lowest BCUT2D eigenvalue weighted by Gasteiger charge is -2.15. The molecule has 0 saturated heterocycles. The molecule has 1 N–H and O–H groups in total.